The summed E-state index contributed by atoms with van der Waals surface area (Å²) in [7, 11) is 1.57. The Kier molecular flexibility index (Phi) is 6.14. The van der Waals surface area contributed by atoms with Crippen LogP contribution in [0.1, 0.15) is 20.7 Å². The highest BCUT2D eigenvalue weighted by Gasteiger charge is 2.08. The van der Waals surface area contributed by atoms with E-state index in [9.17, 15) is 9.59 Å². The summed E-state index contributed by atoms with van der Waals surface area (Å²) in [5, 5.41) is 6.06. The molecule has 0 bridgehead atoms. The second kappa shape index (κ2) is 8.31. The maximum atomic E-state index is 12.1. The van der Waals surface area contributed by atoms with Gasteiger partial charge in [0.15, 0.2) is 0 Å². The molecular weight excluding hydrogens is 316 g/mol. The Hall–Kier alpha value is -2.37. The van der Waals surface area contributed by atoms with E-state index in [4.69, 9.17) is 16.3 Å². The number of anilines is 1. The molecule has 2 aromatic rings. The fourth-order valence-corrected chi connectivity index (χ4v) is 2.00. The van der Waals surface area contributed by atoms with Crippen molar-refractivity contribution in [2.75, 3.05) is 25.6 Å². The Balaban J connectivity index is 1.95. The number of amides is 2. The van der Waals surface area contributed by atoms with Crippen LogP contribution in [0.4, 0.5) is 5.69 Å². The normalized spacial score (nSPS) is 10.2. The summed E-state index contributed by atoms with van der Waals surface area (Å²) in [5.74, 6) is -0.420. The van der Waals surface area contributed by atoms with Gasteiger partial charge in [-0.25, -0.2) is 0 Å². The first kappa shape index (κ1) is 17.0. The highest BCUT2D eigenvalue weighted by atomic mass is 35.5. The van der Waals surface area contributed by atoms with E-state index < -0.39 is 0 Å². The third-order valence-corrected chi connectivity index (χ3v) is 3.36. The Morgan fingerprint density at radius 2 is 1.52 bits per heavy atom. The van der Waals surface area contributed by atoms with Crippen molar-refractivity contribution in [3.8, 4) is 0 Å². The highest BCUT2D eigenvalue weighted by molar-refractivity contribution is 6.30. The highest BCUT2D eigenvalue weighted by Crippen LogP contribution is 2.13. The molecule has 2 amide bonds. The van der Waals surface area contributed by atoms with Crippen molar-refractivity contribution in [1.82, 2.24) is 5.32 Å². The molecule has 0 saturated heterocycles. The zero-order valence-corrected chi connectivity index (χ0v) is 13.4. The zero-order valence-electron chi connectivity index (χ0n) is 12.6. The van der Waals surface area contributed by atoms with Crippen LogP contribution < -0.4 is 10.6 Å². The monoisotopic (exact) mass is 332 g/mol. The lowest BCUT2D eigenvalue weighted by atomic mass is 10.1. The van der Waals surface area contributed by atoms with Gasteiger partial charge in [-0.15, -0.1) is 0 Å². The number of nitrogens with one attached hydrogen (secondary N) is 2. The Labute approximate surface area is 139 Å². The van der Waals surface area contributed by atoms with Crippen LogP contribution in [0.5, 0.6) is 0 Å². The van der Waals surface area contributed by atoms with Crippen LogP contribution in [0.3, 0.4) is 0 Å². The zero-order chi connectivity index (χ0) is 16.7. The molecule has 0 atom stereocenters. The van der Waals surface area contributed by atoms with Gasteiger partial charge in [0.25, 0.3) is 11.8 Å². The van der Waals surface area contributed by atoms with Gasteiger partial charge in [-0.1, -0.05) is 11.6 Å². The van der Waals surface area contributed by atoms with Gasteiger partial charge < -0.3 is 15.4 Å². The molecule has 0 unspecified atom stereocenters. The topological polar surface area (TPSA) is 67.4 Å². The molecule has 0 heterocycles. The second-order valence-corrected chi connectivity index (χ2v) is 5.22. The molecule has 0 aliphatic carbocycles. The summed E-state index contributed by atoms with van der Waals surface area (Å²) in [6.07, 6.45) is 0. The lowest BCUT2D eigenvalue weighted by Crippen LogP contribution is -2.26. The van der Waals surface area contributed by atoms with Crippen molar-refractivity contribution in [2.45, 2.75) is 0 Å². The molecule has 5 nitrogen and oxygen atoms in total. The number of hydrogen-bond donors (Lipinski definition) is 2. The average molecular weight is 333 g/mol. The standard InChI is InChI=1S/C17H17ClN2O3/c1-23-11-10-19-16(21)12-4-8-15(9-5-12)20-17(22)13-2-6-14(18)7-3-13/h2-9H,10-11H2,1H3,(H,19,21)(H,20,22). The summed E-state index contributed by atoms with van der Waals surface area (Å²) >= 11 is 5.79. The van der Waals surface area contributed by atoms with Crippen LogP contribution in [0.2, 0.25) is 5.02 Å². The van der Waals surface area contributed by atoms with E-state index in [1.807, 2.05) is 0 Å². The predicted molar refractivity (Wildman–Crippen MR) is 90.1 cm³/mol. The quantitative estimate of drug-likeness (QED) is 0.799. The molecular formula is C17H17ClN2O3. The van der Waals surface area contributed by atoms with Gasteiger partial charge in [-0.05, 0) is 48.5 Å². The third-order valence-electron chi connectivity index (χ3n) is 3.10. The molecule has 2 N–H and O–H groups in total. The van der Waals surface area contributed by atoms with Gasteiger partial charge in [0.05, 0.1) is 6.61 Å². The minimum atomic E-state index is -0.237. The van der Waals surface area contributed by atoms with Gasteiger partial charge in [-0.3, -0.25) is 9.59 Å². The summed E-state index contributed by atoms with van der Waals surface area (Å²) in [6, 6.07) is 13.3. The molecule has 0 aliphatic rings. The van der Waals surface area contributed by atoms with Crippen LogP contribution in [0, 0.1) is 0 Å². The Morgan fingerprint density at radius 3 is 2.13 bits per heavy atom. The molecule has 0 aliphatic heterocycles. The number of ether oxygens (including phenoxy) is 1. The van der Waals surface area contributed by atoms with E-state index in [1.54, 1.807) is 55.6 Å². The maximum Gasteiger partial charge on any atom is 0.255 e. The van der Waals surface area contributed by atoms with Crippen molar-refractivity contribution in [2.24, 2.45) is 0 Å². The largest absolute Gasteiger partial charge is 0.383 e. The van der Waals surface area contributed by atoms with Crippen LogP contribution >= 0.6 is 11.6 Å². The number of halogens is 1. The van der Waals surface area contributed by atoms with Gasteiger partial charge in [0, 0.05) is 35.5 Å². The number of hydrogen-bond acceptors (Lipinski definition) is 3. The fourth-order valence-electron chi connectivity index (χ4n) is 1.88. The second-order valence-electron chi connectivity index (χ2n) is 4.79. The maximum absolute atomic E-state index is 12.1. The minimum Gasteiger partial charge on any atom is -0.383 e. The summed E-state index contributed by atoms with van der Waals surface area (Å²) in [5.41, 5.74) is 1.64. The summed E-state index contributed by atoms with van der Waals surface area (Å²) < 4.78 is 4.87. The van der Waals surface area contributed by atoms with Crippen molar-refractivity contribution in [3.05, 3.63) is 64.7 Å². The first-order valence-electron chi connectivity index (χ1n) is 7.04. The van der Waals surface area contributed by atoms with Crippen LogP contribution in [0.15, 0.2) is 48.5 Å². The Morgan fingerprint density at radius 1 is 0.957 bits per heavy atom. The number of benzene rings is 2. The molecule has 0 aromatic heterocycles. The predicted octanol–water partition coefficient (Wildman–Crippen LogP) is 2.97. The van der Waals surface area contributed by atoms with E-state index >= 15 is 0 Å². The average Bonchev–Trinajstić information content (AvgIpc) is 2.56. The van der Waals surface area contributed by atoms with Crippen LogP contribution in [-0.4, -0.2) is 32.1 Å². The number of carbonyl (C=O) groups is 2. The van der Waals surface area contributed by atoms with E-state index in [-0.39, 0.29) is 11.8 Å². The molecule has 6 heteroatoms. The third kappa shape index (κ3) is 5.09. The molecule has 0 spiro atoms. The SMILES string of the molecule is COCCNC(=O)c1ccc(NC(=O)c2ccc(Cl)cc2)cc1. The van der Waals surface area contributed by atoms with Crippen molar-refractivity contribution in [1.29, 1.82) is 0 Å². The molecule has 2 aromatic carbocycles. The molecule has 0 saturated carbocycles. The van der Waals surface area contributed by atoms with E-state index in [0.717, 1.165) is 0 Å². The van der Waals surface area contributed by atoms with Crippen molar-refractivity contribution >= 4 is 29.1 Å². The summed E-state index contributed by atoms with van der Waals surface area (Å²) in [6.45, 7) is 0.908. The molecule has 0 fully saturated rings. The van der Waals surface area contributed by atoms with Crippen LogP contribution in [0.25, 0.3) is 0 Å². The molecule has 2 rings (SSSR count). The number of methoxy groups -OCH3 is 1. The van der Waals surface area contributed by atoms with E-state index in [1.165, 1.54) is 0 Å². The number of rotatable bonds is 6. The van der Waals surface area contributed by atoms with Crippen LogP contribution in [-0.2, 0) is 4.74 Å². The fraction of sp³-hybridized carbons (Fsp3) is 0.176. The van der Waals surface area contributed by atoms with Gasteiger partial charge in [0.1, 0.15) is 0 Å². The molecule has 120 valence electrons. The van der Waals surface area contributed by atoms with Crippen molar-refractivity contribution in [3.63, 3.8) is 0 Å². The van der Waals surface area contributed by atoms with Gasteiger partial charge in [-0.2, -0.15) is 0 Å². The lowest BCUT2D eigenvalue weighted by molar-refractivity contribution is 0.0936. The lowest BCUT2D eigenvalue weighted by Gasteiger charge is -2.07. The van der Waals surface area contributed by atoms with Gasteiger partial charge in [0.2, 0.25) is 0 Å². The smallest absolute Gasteiger partial charge is 0.255 e. The number of carbonyl (C=O) groups excluding carboxylic acids is 2. The molecule has 23 heavy (non-hydrogen) atoms. The van der Waals surface area contributed by atoms with E-state index in [0.29, 0.717) is 35.0 Å². The Bertz CT molecular complexity index is 669. The summed E-state index contributed by atoms with van der Waals surface area (Å²) in [4.78, 5) is 23.9. The first-order valence-corrected chi connectivity index (χ1v) is 7.42. The van der Waals surface area contributed by atoms with E-state index in [2.05, 4.69) is 10.6 Å². The first-order chi connectivity index (χ1) is 11.1. The minimum absolute atomic E-state index is 0.183. The molecule has 0 radical (unpaired) electrons. The van der Waals surface area contributed by atoms with Gasteiger partial charge >= 0.3 is 0 Å². The van der Waals surface area contributed by atoms with Crippen molar-refractivity contribution < 1.29 is 14.3 Å².